The van der Waals surface area contributed by atoms with Crippen molar-refractivity contribution in [2.24, 2.45) is 0 Å². The zero-order chi connectivity index (χ0) is 11.8. The molecule has 0 bridgehead atoms. The van der Waals surface area contributed by atoms with E-state index in [-0.39, 0.29) is 5.91 Å². The highest BCUT2D eigenvalue weighted by Crippen LogP contribution is 2.13. The first-order chi connectivity index (χ1) is 7.77. The number of carbonyl (C=O) groups is 1. The Morgan fingerprint density at radius 2 is 2.12 bits per heavy atom. The second-order valence-corrected chi connectivity index (χ2v) is 4.46. The molecule has 0 unspecified atom stereocenters. The zero-order valence-electron chi connectivity index (χ0n) is 9.75. The van der Waals surface area contributed by atoms with E-state index < -0.39 is 0 Å². The van der Waals surface area contributed by atoms with E-state index in [0.29, 0.717) is 16.7 Å². The molecule has 0 spiro atoms. The van der Waals surface area contributed by atoms with Gasteiger partial charge in [-0.25, -0.2) is 0 Å². The molecule has 1 aromatic heterocycles. The first-order valence-electron chi connectivity index (χ1n) is 5.57. The van der Waals surface area contributed by atoms with Gasteiger partial charge in [0.1, 0.15) is 0 Å². The number of hydrogen-bond donors (Lipinski definition) is 2. The molecule has 0 aliphatic heterocycles. The van der Waals surface area contributed by atoms with Gasteiger partial charge in [-0.15, -0.1) is 10.2 Å². The fraction of sp³-hybridized carbons (Fsp3) is 0.700. The van der Waals surface area contributed by atoms with Crippen LogP contribution < -0.4 is 10.6 Å². The second kappa shape index (κ2) is 7.16. The van der Waals surface area contributed by atoms with Crippen LogP contribution >= 0.6 is 11.3 Å². The summed E-state index contributed by atoms with van der Waals surface area (Å²) in [6.45, 7) is 2.88. The third-order valence-electron chi connectivity index (χ3n) is 2.15. The summed E-state index contributed by atoms with van der Waals surface area (Å²) >= 11 is 1.26. The van der Waals surface area contributed by atoms with Crippen molar-refractivity contribution in [3.63, 3.8) is 0 Å². The van der Waals surface area contributed by atoms with Crippen molar-refractivity contribution in [1.29, 1.82) is 0 Å². The molecule has 1 heterocycles. The van der Waals surface area contributed by atoms with Crippen molar-refractivity contribution in [3.05, 3.63) is 5.01 Å². The number of aromatic nitrogens is 2. The molecule has 0 radical (unpaired) electrons. The Balaban J connectivity index is 2.24. The summed E-state index contributed by atoms with van der Waals surface area (Å²) in [6.07, 6.45) is 4.61. The van der Waals surface area contributed by atoms with E-state index in [9.17, 15) is 4.79 Å². The van der Waals surface area contributed by atoms with Crippen LogP contribution in [0.4, 0.5) is 5.13 Å². The van der Waals surface area contributed by atoms with Crippen LogP contribution in [-0.2, 0) is 0 Å². The van der Waals surface area contributed by atoms with Crippen molar-refractivity contribution in [2.75, 3.05) is 18.9 Å². The number of nitrogens with zero attached hydrogens (tertiary/aromatic N) is 2. The molecule has 1 amide bonds. The summed E-state index contributed by atoms with van der Waals surface area (Å²) in [6, 6.07) is 0. The Kier molecular flexibility index (Phi) is 5.77. The smallest absolute Gasteiger partial charge is 0.282 e. The summed E-state index contributed by atoms with van der Waals surface area (Å²) in [5.41, 5.74) is 0. The average Bonchev–Trinajstić information content (AvgIpc) is 2.77. The number of amides is 1. The minimum absolute atomic E-state index is 0.129. The Labute approximate surface area is 99.7 Å². The molecule has 0 saturated heterocycles. The van der Waals surface area contributed by atoms with Crippen molar-refractivity contribution >= 4 is 22.4 Å². The maximum Gasteiger partial charge on any atom is 0.282 e. The molecular weight excluding hydrogens is 224 g/mol. The van der Waals surface area contributed by atoms with Crippen LogP contribution in [0.3, 0.4) is 0 Å². The molecule has 0 aliphatic carbocycles. The van der Waals surface area contributed by atoms with E-state index in [1.54, 1.807) is 7.05 Å². The lowest BCUT2D eigenvalue weighted by atomic mass is 10.2. The highest BCUT2D eigenvalue weighted by Gasteiger charge is 2.10. The number of carbonyl (C=O) groups excluding carboxylic acids is 1. The third kappa shape index (κ3) is 4.14. The monoisotopic (exact) mass is 242 g/mol. The van der Waals surface area contributed by atoms with Crippen LogP contribution in [0.15, 0.2) is 0 Å². The van der Waals surface area contributed by atoms with Gasteiger partial charge in [0.25, 0.3) is 5.91 Å². The Morgan fingerprint density at radius 1 is 1.31 bits per heavy atom. The van der Waals surface area contributed by atoms with Gasteiger partial charge in [0.15, 0.2) is 0 Å². The van der Waals surface area contributed by atoms with Crippen molar-refractivity contribution in [3.8, 4) is 0 Å². The summed E-state index contributed by atoms with van der Waals surface area (Å²) in [7, 11) is 1.76. The van der Waals surface area contributed by atoms with E-state index in [4.69, 9.17) is 0 Å². The number of anilines is 1. The number of hydrogen-bond acceptors (Lipinski definition) is 5. The lowest BCUT2D eigenvalue weighted by Gasteiger charge is -2.01. The number of nitrogens with one attached hydrogen (secondary N) is 2. The third-order valence-corrected chi connectivity index (χ3v) is 3.09. The van der Waals surface area contributed by atoms with Gasteiger partial charge in [0.2, 0.25) is 10.1 Å². The van der Waals surface area contributed by atoms with Crippen LogP contribution in [-0.4, -0.2) is 29.7 Å². The SMILES string of the molecule is CCCCCCNC(=O)c1nnc(NC)s1. The van der Waals surface area contributed by atoms with Crippen molar-refractivity contribution in [2.45, 2.75) is 32.6 Å². The lowest BCUT2D eigenvalue weighted by molar-refractivity contribution is 0.0952. The molecule has 5 nitrogen and oxygen atoms in total. The van der Waals surface area contributed by atoms with Gasteiger partial charge in [0, 0.05) is 13.6 Å². The summed E-state index contributed by atoms with van der Waals surface area (Å²) in [4.78, 5) is 11.6. The van der Waals surface area contributed by atoms with Gasteiger partial charge in [-0.3, -0.25) is 4.79 Å². The van der Waals surface area contributed by atoms with Crippen LogP contribution in [0.1, 0.15) is 42.4 Å². The highest BCUT2D eigenvalue weighted by atomic mass is 32.1. The average molecular weight is 242 g/mol. The zero-order valence-corrected chi connectivity index (χ0v) is 10.6. The lowest BCUT2D eigenvalue weighted by Crippen LogP contribution is -2.24. The van der Waals surface area contributed by atoms with Crippen molar-refractivity contribution in [1.82, 2.24) is 15.5 Å². The van der Waals surface area contributed by atoms with Gasteiger partial charge in [-0.2, -0.15) is 0 Å². The fourth-order valence-corrected chi connectivity index (χ4v) is 1.86. The van der Waals surface area contributed by atoms with Crippen molar-refractivity contribution < 1.29 is 4.79 Å². The minimum atomic E-state index is -0.129. The fourth-order valence-electron chi connectivity index (χ4n) is 1.25. The predicted molar refractivity (Wildman–Crippen MR) is 65.9 cm³/mol. The molecule has 90 valence electrons. The molecule has 0 aromatic carbocycles. The molecule has 2 N–H and O–H groups in total. The molecule has 0 atom stereocenters. The quantitative estimate of drug-likeness (QED) is 0.717. The Morgan fingerprint density at radius 3 is 2.75 bits per heavy atom. The normalized spacial score (nSPS) is 10.1. The highest BCUT2D eigenvalue weighted by molar-refractivity contribution is 7.17. The van der Waals surface area contributed by atoms with E-state index in [1.165, 1.54) is 24.2 Å². The van der Waals surface area contributed by atoms with E-state index in [1.807, 2.05) is 0 Å². The summed E-state index contributed by atoms with van der Waals surface area (Å²) in [5.74, 6) is -0.129. The molecule has 0 saturated carbocycles. The Bertz CT molecular complexity index is 326. The summed E-state index contributed by atoms with van der Waals surface area (Å²) in [5, 5.41) is 14.4. The molecular formula is C10H18N4OS. The topological polar surface area (TPSA) is 66.9 Å². The maximum atomic E-state index is 11.6. The molecule has 1 aromatic rings. The van der Waals surface area contributed by atoms with Crippen LogP contribution in [0.25, 0.3) is 0 Å². The van der Waals surface area contributed by atoms with Gasteiger partial charge in [0.05, 0.1) is 0 Å². The number of unbranched alkanes of at least 4 members (excludes halogenated alkanes) is 3. The minimum Gasteiger partial charge on any atom is -0.363 e. The largest absolute Gasteiger partial charge is 0.363 e. The molecule has 0 fully saturated rings. The summed E-state index contributed by atoms with van der Waals surface area (Å²) < 4.78 is 0. The van der Waals surface area contributed by atoms with Gasteiger partial charge in [-0.1, -0.05) is 37.5 Å². The molecule has 6 heteroatoms. The van der Waals surface area contributed by atoms with Crippen LogP contribution in [0.5, 0.6) is 0 Å². The first-order valence-corrected chi connectivity index (χ1v) is 6.39. The second-order valence-electron chi connectivity index (χ2n) is 3.48. The number of rotatable bonds is 7. The van der Waals surface area contributed by atoms with Crippen LogP contribution in [0.2, 0.25) is 0 Å². The maximum absolute atomic E-state index is 11.6. The standard InChI is InChI=1S/C10H18N4OS/c1-3-4-5-6-7-12-8(15)9-13-14-10(11-2)16-9/h3-7H2,1-2H3,(H,11,14)(H,12,15). The van der Waals surface area contributed by atoms with Crippen LogP contribution in [0, 0.1) is 0 Å². The van der Waals surface area contributed by atoms with Gasteiger partial charge >= 0.3 is 0 Å². The molecule has 1 rings (SSSR count). The first kappa shape index (κ1) is 12.9. The van der Waals surface area contributed by atoms with Gasteiger partial charge in [-0.05, 0) is 6.42 Å². The molecule has 0 aliphatic rings. The van der Waals surface area contributed by atoms with E-state index >= 15 is 0 Å². The Hall–Kier alpha value is -1.17. The molecule has 16 heavy (non-hydrogen) atoms. The van der Waals surface area contributed by atoms with E-state index in [0.717, 1.165) is 12.8 Å². The predicted octanol–water partition coefficient (Wildman–Crippen LogP) is 1.89. The van der Waals surface area contributed by atoms with E-state index in [2.05, 4.69) is 27.8 Å². The van der Waals surface area contributed by atoms with Gasteiger partial charge < -0.3 is 10.6 Å².